The second-order valence-electron chi connectivity index (χ2n) is 4.64. The molecule has 0 radical (unpaired) electrons. The summed E-state index contributed by atoms with van der Waals surface area (Å²) >= 11 is 12.7. The lowest BCUT2D eigenvalue weighted by atomic mass is 10.2. The van der Waals surface area contributed by atoms with E-state index in [2.05, 4.69) is 0 Å². The first kappa shape index (κ1) is 18.8. The Hall–Kier alpha value is -1.57. The number of hydrogen-bond acceptors (Lipinski definition) is 3. The molecule has 0 saturated carbocycles. The van der Waals surface area contributed by atoms with Gasteiger partial charge in [0.2, 0.25) is 0 Å². The van der Waals surface area contributed by atoms with Crippen LogP contribution in [0.25, 0.3) is 0 Å². The molecule has 0 saturated heterocycles. The average molecular weight is 396 g/mol. The van der Waals surface area contributed by atoms with Crippen molar-refractivity contribution in [3.8, 4) is 0 Å². The van der Waals surface area contributed by atoms with Crippen LogP contribution >= 0.6 is 35.1 Å². The van der Waals surface area contributed by atoms with E-state index in [9.17, 15) is 18.0 Å². The van der Waals surface area contributed by atoms with Crippen LogP contribution in [-0.4, -0.2) is 17.6 Å². The van der Waals surface area contributed by atoms with Crippen LogP contribution in [0.3, 0.4) is 0 Å². The van der Waals surface area contributed by atoms with Crippen molar-refractivity contribution in [1.29, 1.82) is 0 Å². The molecule has 1 N–H and O–H groups in total. The second kappa shape index (κ2) is 7.55. The Labute approximate surface area is 150 Å². The Kier molecular flexibility index (Phi) is 5.90. The van der Waals surface area contributed by atoms with Crippen molar-refractivity contribution in [3.05, 3.63) is 58.1 Å². The average Bonchev–Trinajstić information content (AvgIpc) is 2.47. The van der Waals surface area contributed by atoms with E-state index < -0.39 is 24.3 Å². The Morgan fingerprint density at radius 3 is 2.29 bits per heavy atom. The number of carboxylic acids is 1. The van der Waals surface area contributed by atoms with Gasteiger partial charge < -0.3 is 5.11 Å². The summed E-state index contributed by atoms with van der Waals surface area (Å²) in [7, 11) is 0. The molecule has 24 heavy (non-hydrogen) atoms. The van der Waals surface area contributed by atoms with E-state index in [-0.39, 0.29) is 10.7 Å². The lowest BCUT2D eigenvalue weighted by Crippen LogP contribution is -2.23. The molecule has 2 aromatic carbocycles. The van der Waals surface area contributed by atoms with Crippen molar-refractivity contribution in [2.24, 2.45) is 0 Å². The monoisotopic (exact) mass is 395 g/mol. The molecule has 2 aromatic rings. The summed E-state index contributed by atoms with van der Waals surface area (Å²) in [6, 6.07) is 9.21. The summed E-state index contributed by atoms with van der Waals surface area (Å²) in [6.45, 7) is -0.533. The predicted molar refractivity (Wildman–Crippen MR) is 88.7 cm³/mol. The minimum Gasteiger partial charge on any atom is -0.480 e. The smallest absolute Gasteiger partial charge is 0.416 e. The largest absolute Gasteiger partial charge is 0.480 e. The number of alkyl halides is 3. The van der Waals surface area contributed by atoms with Crippen molar-refractivity contribution in [2.45, 2.75) is 11.1 Å². The third-order valence-corrected chi connectivity index (χ3v) is 4.45. The molecule has 0 aliphatic rings. The van der Waals surface area contributed by atoms with Gasteiger partial charge in [-0.1, -0.05) is 23.2 Å². The summed E-state index contributed by atoms with van der Waals surface area (Å²) in [5, 5.41) is 9.55. The fourth-order valence-electron chi connectivity index (χ4n) is 1.79. The number of carbonyl (C=O) groups is 1. The van der Waals surface area contributed by atoms with E-state index in [1.54, 1.807) is 24.3 Å². The number of rotatable bonds is 5. The van der Waals surface area contributed by atoms with Crippen LogP contribution in [0, 0.1) is 0 Å². The zero-order valence-electron chi connectivity index (χ0n) is 11.8. The van der Waals surface area contributed by atoms with Gasteiger partial charge in [-0.15, -0.1) is 0 Å². The third kappa shape index (κ3) is 4.96. The van der Waals surface area contributed by atoms with Crippen LogP contribution in [0.4, 0.5) is 18.9 Å². The van der Waals surface area contributed by atoms with Crippen molar-refractivity contribution in [1.82, 2.24) is 0 Å². The maximum atomic E-state index is 12.9. The maximum Gasteiger partial charge on any atom is 0.416 e. The summed E-state index contributed by atoms with van der Waals surface area (Å²) in [4.78, 5) is 11.7. The molecule has 0 aliphatic carbocycles. The molecule has 0 unspecified atom stereocenters. The molecule has 0 heterocycles. The maximum absolute atomic E-state index is 12.9. The van der Waals surface area contributed by atoms with Crippen LogP contribution in [0.2, 0.25) is 10.0 Å². The molecule has 0 fully saturated rings. The lowest BCUT2D eigenvalue weighted by molar-refractivity contribution is -0.137. The summed E-state index contributed by atoms with van der Waals surface area (Å²) in [5.74, 6) is -1.20. The third-order valence-electron chi connectivity index (χ3n) is 2.85. The minimum absolute atomic E-state index is 0.0192. The molecule has 0 bridgehead atoms. The molecule has 0 aromatic heterocycles. The SMILES string of the molecule is O=C(O)CN(Sc1ccc(Cl)cc1)c1cc(C(F)(F)F)ccc1Cl. The number of nitrogens with zero attached hydrogens (tertiary/aromatic N) is 1. The highest BCUT2D eigenvalue weighted by atomic mass is 35.5. The van der Waals surface area contributed by atoms with Crippen LogP contribution in [-0.2, 0) is 11.0 Å². The number of halogens is 5. The summed E-state index contributed by atoms with van der Waals surface area (Å²) < 4.78 is 39.9. The normalized spacial score (nSPS) is 11.4. The fraction of sp³-hybridized carbons (Fsp3) is 0.133. The molecule has 3 nitrogen and oxygen atoms in total. The Morgan fingerprint density at radius 1 is 1.12 bits per heavy atom. The first-order valence-electron chi connectivity index (χ1n) is 6.46. The Bertz CT molecular complexity index is 738. The first-order chi connectivity index (χ1) is 11.2. The van der Waals surface area contributed by atoms with Gasteiger partial charge in [0.25, 0.3) is 0 Å². The van der Waals surface area contributed by atoms with Crippen molar-refractivity contribution in [2.75, 3.05) is 10.8 Å². The molecule has 9 heteroatoms. The second-order valence-corrected chi connectivity index (χ2v) is 6.58. The molecule has 0 aliphatic heterocycles. The molecular formula is C15H10Cl2F3NO2S. The molecule has 128 valence electrons. The number of hydrogen-bond donors (Lipinski definition) is 1. The highest BCUT2D eigenvalue weighted by molar-refractivity contribution is 8.00. The van der Waals surface area contributed by atoms with Gasteiger partial charge in [-0.3, -0.25) is 9.10 Å². The number of benzene rings is 2. The zero-order chi connectivity index (χ0) is 17.9. The van der Waals surface area contributed by atoms with E-state index in [0.717, 1.165) is 30.1 Å². The first-order valence-corrected chi connectivity index (χ1v) is 7.99. The van der Waals surface area contributed by atoms with Gasteiger partial charge in [0.05, 0.1) is 16.3 Å². The summed E-state index contributed by atoms with van der Waals surface area (Å²) in [5.41, 5.74) is -0.942. The number of aliphatic carboxylic acids is 1. The van der Waals surface area contributed by atoms with E-state index in [4.69, 9.17) is 28.3 Å². The van der Waals surface area contributed by atoms with Crippen LogP contribution in [0.5, 0.6) is 0 Å². The van der Waals surface area contributed by atoms with E-state index in [0.29, 0.717) is 9.92 Å². The van der Waals surface area contributed by atoms with Gasteiger partial charge in [-0.2, -0.15) is 13.2 Å². The molecular weight excluding hydrogens is 386 g/mol. The highest BCUT2D eigenvalue weighted by Gasteiger charge is 2.32. The van der Waals surface area contributed by atoms with Crippen molar-refractivity contribution < 1.29 is 23.1 Å². The Morgan fingerprint density at radius 2 is 1.75 bits per heavy atom. The highest BCUT2D eigenvalue weighted by Crippen LogP contribution is 2.39. The predicted octanol–water partition coefficient (Wildman–Crippen LogP) is 5.61. The van der Waals surface area contributed by atoms with E-state index in [1.807, 2.05) is 0 Å². The van der Waals surface area contributed by atoms with Crippen LogP contribution in [0.1, 0.15) is 5.56 Å². The molecule has 0 amide bonds. The molecule has 0 atom stereocenters. The number of carboxylic acid groups (broad SMARTS) is 1. The van der Waals surface area contributed by atoms with Crippen LogP contribution < -0.4 is 4.31 Å². The van der Waals surface area contributed by atoms with Gasteiger partial charge in [0.1, 0.15) is 6.54 Å². The van der Waals surface area contributed by atoms with Gasteiger partial charge in [-0.05, 0) is 54.4 Å². The quantitative estimate of drug-likeness (QED) is 0.667. The van der Waals surface area contributed by atoms with Crippen molar-refractivity contribution in [3.63, 3.8) is 0 Å². The standard InChI is InChI=1S/C15H10Cl2F3NO2S/c16-10-2-4-11(5-3-10)24-21(8-14(22)23)13-7-9(15(18,19)20)1-6-12(13)17/h1-7H,8H2,(H,22,23). The Balaban J connectivity index is 2.40. The fourth-order valence-corrected chi connectivity index (χ4v) is 3.12. The summed E-state index contributed by atoms with van der Waals surface area (Å²) in [6.07, 6.45) is -4.56. The van der Waals surface area contributed by atoms with Crippen molar-refractivity contribution >= 4 is 46.8 Å². The van der Waals surface area contributed by atoms with E-state index in [1.165, 1.54) is 4.31 Å². The van der Waals surface area contributed by atoms with Gasteiger partial charge in [0, 0.05) is 9.92 Å². The molecule has 2 rings (SSSR count). The van der Waals surface area contributed by atoms with Gasteiger partial charge in [-0.25, -0.2) is 0 Å². The molecule has 0 spiro atoms. The van der Waals surface area contributed by atoms with Crippen LogP contribution in [0.15, 0.2) is 47.4 Å². The van der Waals surface area contributed by atoms with E-state index >= 15 is 0 Å². The lowest BCUT2D eigenvalue weighted by Gasteiger charge is -2.23. The minimum atomic E-state index is -4.56. The topological polar surface area (TPSA) is 40.5 Å². The van der Waals surface area contributed by atoms with Gasteiger partial charge >= 0.3 is 12.1 Å². The zero-order valence-corrected chi connectivity index (χ0v) is 14.2. The van der Waals surface area contributed by atoms with Gasteiger partial charge in [0.15, 0.2) is 0 Å². The number of anilines is 1.